The lowest BCUT2D eigenvalue weighted by Gasteiger charge is -2.16. The molecule has 1 saturated heterocycles. The summed E-state index contributed by atoms with van der Waals surface area (Å²) in [5.74, 6) is -0.521. The Morgan fingerprint density at radius 2 is 1.89 bits per heavy atom. The molecule has 1 fully saturated rings. The summed E-state index contributed by atoms with van der Waals surface area (Å²) in [5.41, 5.74) is 8.75. The number of benzene rings is 1. The molecule has 0 atom stereocenters. The molecule has 28 heavy (non-hydrogen) atoms. The van der Waals surface area contributed by atoms with Crippen LogP contribution in [0.25, 0.3) is 22.7 Å². The topological polar surface area (TPSA) is 104 Å². The van der Waals surface area contributed by atoms with Crippen LogP contribution in [-0.4, -0.2) is 39.9 Å². The summed E-state index contributed by atoms with van der Waals surface area (Å²) in [7, 11) is 0. The number of rotatable bonds is 4. The maximum absolute atomic E-state index is 12.5. The Labute approximate surface area is 162 Å². The molecule has 1 aromatic carbocycles. The minimum atomic E-state index is -0.521. The monoisotopic (exact) mass is 375 g/mol. The second-order valence-electron chi connectivity index (χ2n) is 6.74. The fourth-order valence-corrected chi connectivity index (χ4v) is 3.48. The van der Waals surface area contributed by atoms with Crippen molar-refractivity contribution in [1.82, 2.24) is 14.9 Å². The first-order valence-electron chi connectivity index (χ1n) is 9.22. The molecule has 4 N–H and O–H groups in total. The lowest BCUT2D eigenvalue weighted by Crippen LogP contribution is -2.32. The molecule has 0 aliphatic carbocycles. The number of carbonyl (C=O) groups is 2. The third-order valence-electron chi connectivity index (χ3n) is 4.89. The highest BCUT2D eigenvalue weighted by Crippen LogP contribution is 2.29. The van der Waals surface area contributed by atoms with Crippen molar-refractivity contribution in [3.05, 3.63) is 59.9 Å². The van der Waals surface area contributed by atoms with Crippen LogP contribution in [0.15, 0.2) is 48.8 Å². The predicted molar refractivity (Wildman–Crippen MR) is 109 cm³/mol. The van der Waals surface area contributed by atoms with Gasteiger partial charge in [-0.25, -0.2) is 9.78 Å². The van der Waals surface area contributed by atoms with Gasteiger partial charge in [0.15, 0.2) is 0 Å². The number of nitrogens with two attached hydrogens (primary N) is 1. The van der Waals surface area contributed by atoms with E-state index in [1.807, 2.05) is 30.3 Å². The average molecular weight is 375 g/mol. The zero-order chi connectivity index (χ0) is 19.5. The van der Waals surface area contributed by atoms with Crippen LogP contribution >= 0.6 is 0 Å². The SMILES string of the molecule is NC(=O)C(=Cc1c[nH]c2nccc(NC(=O)N3CCCC3)c12)c1ccccc1. The first-order chi connectivity index (χ1) is 13.6. The van der Waals surface area contributed by atoms with Crippen molar-refractivity contribution < 1.29 is 9.59 Å². The number of H-pyrrole nitrogens is 1. The van der Waals surface area contributed by atoms with Gasteiger partial charge in [0.2, 0.25) is 5.91 Å². The van der Waals surface area contributed by atoms with Crippen molar-refractivity contribution in [2.75, 3.05) is 18.4 Å². The number of fused-ring (bicyclic) bond motifs is 1. The van der Waals surface area contributed by atoms with Crippen LogP contribution < -0.4 is 11.1 Å². The molecule has 4 rings (SSSR count). The number of aromatic amines is 1. The summed E-state index contributed by atoms with van der Waals surface area (Å²) in [6, 6.07) is 10.9. The van der Waals surface area contributed by atoms with E-state index in [1.54, 1.807) is 29.4 Å². The number of pyridine rings is 1. The molecule has 1 aliphatic heterocycles. The van der Waals surface area contributed by atoms with Crippen molar-refractivity contribution in [2.24, 2.45) is 5.73 Å². The van der Waals surface area contributed by atoms with E-state index in [1.165, 1.54) is 0 Å². The van der Waals surface area contributed by atoms with E-state index in [-0.39, 0.29) is 6.03 Å². The molecule has 0 unspecified atom stereocenters. The Hall–Kier alpha value is -3.61. The van der Waals surface area contributed by atoms with E-state index >= 15 is 0 Å². The molecule has 7 nitrogen and oxygen atoms in total. The summed E-state index contributed by atoms with van der Waals surface area (Å²) < 4.78 is 0. The highest BCUT2D eigenvalue weighted by atomic mass is 16.2. The second-order valence-corrected chi connectivity index (χ2v) is 6.74. The number of aromatic nitrogens is 2. The van der Waals surface area contributed by atoms with Gasteiger partial charge in [0.25, 0.3) is 0 Å². The molecule has 1 aliphatic rings. The normalized spacial score (nSPS) is 14.4. The molecule has 3 amide bonds. The highest BCUT2D eigenvalue weighted by molar-refractivity contribution is 6.24. The fourth-order valence-electron chi connectivity index (χ4n) is 3.48. The number of hydrogen-bond donors (Lipinski definition) is 3. The number of primary amides is 1. The molecule has 0 bridgehead atoms. The number of urea groups is 1. The molecule has 0 radical (unpaired) electrons. The van der Waals surface area contributed by atoms with Gasteiger partial charge in [-0.2, -0.15) is 0 Å². The zero-order valence-corrected chi connectivity index (χ0v) is 15.3. The Morgan fingerprint density at radius 1 is 1.14 bits per heavy atom. The zero-order valence-electron chi connectivity index (χ0n) is 15.3. The van der Waals surface area contributed by atoms with Crippen molar-refractivity contribution in [1.29, 1.82) is 0 Å². The van der Waals surface area contributed by atoms with E-state index in [0.717, 1.165) is 42.4 Å². The van der Waals surface area contributed by atoms with E-state index in [2.05, 4.69) is 15.3 Å². The maximum Gasteiger partial charge on any atom is 0.321 e. The molecule has 2 aromatic heterocycles. The Morgan fingerprint density at radius 3 is 2.61 bits per heavy atom. The Kier molecular flexibility index (Phi) is 4.80. The van der Waals surface area contributed by atoms with Crippen molar-refractivity contribution in [2.45, 2.75) is 12.8 Å². The number of amides is 3. The molecular formula is C21H21N5O2. The summed E-state index contributed by atoms with van der Waals surface area (Å²) in [5, 5.41) is 3.72. The van der Waals surface area contributed by atoms with Gasteiger partial charge in [-0.15, -0.1) is 0 Å². The van der Waals surface area contributed by atoms with Crippen LogP contribution in [-0.2, 0) is 4.79 Å². The maximum atomic E-state index is 12.5. The summed E-state index contributed by atoms with van der Waals surface area (Å²) >= 11 is 0. The molecule has 142 valence electrons. The van der Waals surface area contributed by atoms with Crippen LogP contribution in [0, 0.1) is 0 Å². The van der Waals surface area contributed by atoms with Crippen molar-refractivity contribution >= 4 is 40.3 Å². The third kappa shape index (κ3) is 3.46. The van der Waals surface area contributed by atoms with Gasteiger partial charge in [-0.3, -0.25) is 4.79 Å². The minimum absolute atomic E-state index is 0.126. The van der Waals surface area contributed by atoms with Gasteiger partial charge < -0.3 is 20.9 Å². The van der Waals surface area contributed by atoms with Crippen LogP contribution in [0.1, 0.15) is 24.0 Å². The standard InChI is InChI=1S/C21H21N5O2/c22-19(27)16(14-6-2-1-3-7-14)12-15-13-24-20-18(15)17(8-9-23-20)25-21(28)26-10-4-5-11-26/h1-3,6-9,12-13H,4-5,10-11H2,(H2,22,27)(H2,23,24,25,28). The van der Waals surface area contributed by atoms with Crippen molar-refractivity contribution in [3.63, 3.8) is 0 Å². The summed E-state index contributed by atoms with van der Waals surface area (Å²) in [6.45, 7) is 1.53. The van der Waals surface area contributed by atoms with E-state index in [9.17, 15) is 9.59 Å². The smallest absolute Gasteiger partial charge is 0.321 e. The summed E-state index contributed by atoms with van der Waals surface area (Å²) in [4.78, 5) is 33.8. The quantitative estimate of drug-likeness (QED) is 0.610. The molecule has 7 heteroatoms. The van der Waals surface area contributed by atoms with E-state index in [0.29, 0.717) is 16.9 Å². The number of anilines is 1. The van der Waals surface area contributed by atoms with Gasteiger partial charge in [0.05, 0.1) is 5.69 Å². The Balaban J connectivity index is 1.75. The lowest BCUT2D eigenvalue weighted by molar-refractivity contribution is -0.112. The van der Waals surface area contributed by atoms with Crippen LogP contribution in [0.5, 0.6) is 0 Å². The first-order valence-corrected chi connectivity index (χ1v) is 9.22. The fraction of sp³-hybridized carbons (Fsp3) is 0.190. The van der Waals surface area contributed by atoms with E-state index < -0.39 is 5.91 Å². The minimum Gasteiger partial charge on any atom is -0.366 e. The first kappa shape index (κ1) is 17.8. The molecule has 3 aromatic rings. The number of hydrogen-bond acceptors (Lipinski definition) is 3. The van der Waals surface area contributed by atoms with Crippen molar-refractivity contribution in [3.8, 4) is 0 Å². The van der Waals surface area contributed by atoms with Crippen LogP contribution in [0.2, 0.25) is 0 Å². The van der Waals surface area contributed by atoms with Gasteiger partial charge >= 0.3 is 6.03 Å². The van der Waals surface area contributed by atoms with Gasteiger partial charge in [0, 0.05) is 42.0 Å². The molecule has 3 heterocycles. The number of likely N-dealkylation sites (tertiary alicyclic amines) is 1. The second kappa shape index (κ2) is 7.56. The number of nitrogens with zero attached hydrogens (tertiary/aromatic N) is 2. The molecule has 0 saturated carbocycles. The Bertz CT molecular complexity index is 1050. The van der Waals surface area contributed by atoms with Crippen LogP contribution in [0.4, 0.5) is 10.5 Å². The largest absolute Gasteiger partial charge is 0.366 e. The van der Waals surface area contributed by atoms with Gasteiger partial charge in [-0.05, 0) is 30.5 Å². The van der Waals surface area contributed by atoms with Crippen LogP contribution in [0.3, 0.4) is 0 Å². The predicted octanol–water partition coefficient (Wildman–Crippen LogP) is 3.22. The summed E-state index contributed by atoms with van der Waals surface area (Å²) in [6.07, 6.45) is 7.17. The van der Waals surface area contributed by atoms with Gasteiger partial charge in [-0.1, -0.05) is 30.3 Å². The lowest BCUT2D eigenvalue weighted by atomic mass is 10.0. The van der Waals surface area contributed by atoms with E-state index in [4.69, 9.17) is 5.73 Å². The number of nitrogens with one attached hydrogen (secondary N) is 2. The number of carbonyl (C=O) groups excluding carboxylic acids is 2. The average Bonchev–Trinajstić information content (AvgIpc) is 3.37. The molecule has 0 spiro atoms. The highest BCUT2D eigenvalue weighted by Gasteiger charge is 2.20. The molecular weight excluding hydrogens is 354 g/mol. The van der Waals surface area contributed by atoms with Gasteiger partial charge in [0.1, 0.15) is 5.65 Å². The third-order valence-corrected chi connectivity index (χ3v) is 4.89.